The largest absolute Gasteiger partial charge is 0.458 e. The lowest BCUT2D eigenvalue weighted by Crippen LogP contribution is -2.63. The summed E-state index contributed by atoms with van der Waals surface area (Å²) in [6.07, 6.45) is 1.31. The number of amides is 1. The van der Waals surface area contributed by atoms with Gasteiger partial charge in [-0.3, -0.25) is 4.79 Å². The maximum Gasteiger partial charge on any atom is 0.332 e. The van der Waals surface area contributed by atoms with Crippen molar-refractivity contribution < 1.29 is 14.3 Å². The lowest BCUT2D eigenvalue weighted by Gasteiger charge is -2.46. The van der Waals surface area contributed by atoms with Crippen molar-refractivity contribution in [2.75, 3.05) is 6.54 Å². The summed E-state index contributed by atoms with van der Waals surface area (Å²) in [4.78, 5) is 26.0. The molecule has 0 radical (unpaired) electrons. The zero-order valence-corrected chi connectivity index (χ0v) is 11.3. The number of hydrogen-bond donors (Lipinski definition) is 0. The molecule has 2 aliphatic heterocycles. The van der Waals surface area contributed by atoms with Crippen LogP contribution in [0.4, 0.5) is 0 Å². The van der Waals surface area contributed by atoms with Crippen LogP contribution >= 0.6 is 0 Å². The summed E-state index contributed by atoms with van der Waals surface area (Å²) in [5, 5.41) is 0. The van der Waals surface area contributed by atoms with E-state index in [9.17, 15) is 9.59 Å². The molecule has 2 fully saturated rings. The van der Waals surface area contributed by atoms with Crippen LogP contribution in [0.25, 0.3) is 0 Å². The fourth-order valence-corrected chi connectivity index (χ4v) is 2.80. The first-order valence-corrected chi connectivity index (χ1v) is 6.14. The molecule has 2 aliphatic rings. The summed E-state index contributed by atoms with van der Waals surface area (Å²) in [6, 6.07) is 0. The highest BCUT2D eigenvalue weighted by molar-refractivity contribution is 5.96. The minimum Gasteiger partial charge on any atom is -0.458 e. The van der Waals surface area contributed by atoms with Crippen molar-refractivity contribution in [3.8, 4) is 0 Å². The smallest absolute Gasteiger partial charge is 0.332 e. The Hall–Kier alpha value is -1.06. The molecule has 0 aromatic heterocycles. The summed E-state index contributed by atoms with van der Waals surface area (Å²) < 4.78 is 5.46. The predicted octanol–water partition coefficient (Wildman–Crippen LogP) is 1.73. The second kappa shape index (κ2) is 3.24. The van der Waals surface area contributed by atoms with Crippen LogP contribution < -0.4 is 0 Å². The number of hydrogen-bond acceptors (Lipinski definition) is 3. The second-order valence-corrected chi connectivity index (χ2v) is 6.80. The first-order valence-electron chi connectivity index (χ1n) is 6.14. The molecule has 17 heavy (non-hydrogen) atoms. The molecular weight excluding hydrogens is 218 g/mol. The van der Waals surface area contributed by atoms with E-state index in [-0.39, 0.29) is 11.9 Å². The maximum atomic E-state index is 12.3. The Morgan fingerprint density at radius 2 is 1.94 bits per heavy atom. The molecule has 1 atom stereocenters. The number of nitrogens with zero attached hydrogens (tertiary/aromatic N) is 1. The predicted molar refractivity (Wildman–Crippen MR) is 63.3 cm³/mol. The molecule has 0 saturated carbocycles. The van der Waals surface area contributed by atoms with E-state index in [4.69, 9.17) is 4.74 Å². The van der Waals surface area contributed by atoms with Crippen LogP contribution in [0.3, 0.4) is 0 Å². The summed E-state index contributed by atoms with van der Waals surface area (Å²) in [5.74, 6) is -0.162. The Labute approximate surface area is 102 Å². The third-order valence-electron chi connectivity index (χ3n) is 3.60. The standard InChI is InChI=1S/C13H21NO3/c1-11(2,3)17-10(16)13-6-7-14(13)9(15)12(4,5)8-13/h6-8H2,1-5H3. The number of carbonyl (C=O) groups is 2. The molecule has 0 aromatic carbocycles. The Kier molecular flexibility index (Phi) is 2.36. The number of carbonyl (C=O) groups excluding carboxylic acids is 2. The number of esters is 1. The topological polar surface area (TPSA) is 46.6 Å². The third kappa shape index (κ3) is 1.74. The maximum absolute atomic E-state index is 12.3. The Morgan fingerprint density at radius 3 is 2.29 bits per heavy atom. The van der Waals surface area contributed by atoms with Crippen molar-refractivity contribution in [3.63, 3.8) is 0 Å². The van der Waals surface area contributed by atoms with Crippen molar-refractivity contribution >= 4 is 11.9 Å². The molecular formula is C13H21NO3. The molecule has 1 amide bonds. The Morgan fingerprint density at radius 1 is 1.35 bits per heavy atom. The molecule has 0 aromatic rings. The minimum atomic E-state index is -0.673. The van der Waals surface area contributed by atoms with Gasteiger partial charge in [0.05, 0.1) is 0 Å². The van der Waals surface area contributed by atoms with Gasteiger partial charge in [-0.25, -0.2) is 4.79 Å². The first kappa shape index (κ1) is 12.4. The highest BCUT2D eigenvalue weighted by atomic mass is 16.6. The summed E-state index contributed by atoms with van der Waals surface area (Å²) in [7, 11) is 0. The highest BCUT2D eigenvalue weighted by Gasteiger charge is 2.65. The molecule has 96 valence electrons. The van der Waals surface area contributed by atoms with E-state index >= 15 is 0 Å². The van der Waals surface area contributed by atoms with Crippen LogP contribution in [0.1, 0.15) is 47.5 Å². The van der Waals surface area contributed by atoms with Gasteiger partial charge in [0.1, 0.15) is 11.1 Å². The van der Waals surface area contributed by atoms with E-state index < -0.39 is 16.6 Å². The zero-order chi connectivity index (χ0) is 13.1. The lowest BCUT2D eigenvalue weighted by atomic mass is 9.79. The molecule has 1 unspecified atom stereocenters. The normalized spacial score (nSPS) is 30.9. The van der Waals surface area contributed by atoms with Gasteiger partial charge in [-0.1, -0.05) is 13.8 Å². The molecule has 0 aliphatic carbocycles. The average molecular weight is 239 g/mol. The van der Waals surface area contributed by atoms with Crippen LogP contribution in [0, 0.1) is 5.41 Å². The van der Waals surface area contributed by atoms with E-state index in [0.29, 0.717) is 13.0 Å². The van der Waals surface area contributed by atoms with Gasteiger partial charge in [0, 0.05) is 12.0 Å². The third-order valence-corrected chi connectivity index (χ3v) is 3.60. The summed E-state index contributed by atoms with van der Waals surface area (Å²) in [6.45, 7) is 10.0. The monoisotopic (exact) mass is 239 g/mol. The van der Waals surface area contributed by atoms with Crippen LogP contribution in [-0.2, 0) is 14.3 Å². The van der Waals surface area contributed by atoms with Crippen LogP contribution in [-0.4, -0.2) is 34.5 Å². The van der Waals surface area contributed by atoms with Gasteiger partial charge >= 0.3 is 5.97 Å². The van der Waals surface area contributed by atoms with Crippen molar-refractivity contribution in [2.24, 2.45) is 5.41 Å². The second-order valence-electron chi connectivity index (χ2n) is 6.80. The van der Waals surface area contributed by atoms with Gasteiger partial charge in [-0.2, -0.15) is 0 Å². The fraction of sp³-hybridized carbons (Fsp3) is 0.846. The van der Waals surface area contributed by atoms with Crippen molar-refractivity contribution in [1.29, 1.82) is 0 Å². The number of rotatable bonds is 1. The van der Waals surface area contributed by atoms with E-state index in [0.717, 1.165) is 6.42 Å². The Bertz CT molecular complexity index is 381. The minimum absolute atomic E-state index is 0.0783. The average Bonchev–Trinajstić information content (AvgIpc) is 2.20. The first-order chi connectivity index (χ1) is 7.58. The van der Waals surface area contributed by atoms with Gasteiger partial charge in [0.15, 0.2) is 0 Å². The lowest BCUT2D eigenvalue weighted by molar-refractivity contribution is -0.179. The molecule has 0 N–H and O–H groups in total. The van der Waals surface area contributed by atoms with E-state index in [1.807, 2.05) is 34.6 Å². The molecule has 2 saturated heterocycles. The summed E-state index contributed by atoms with van der Waals surface area (Å²) in [5.41, 5.74) is -1.61. The van der Waals surface area contributed by atoms with Crippen molar-refractivity contribution in [1.82, 2.24) is 4.90 Å². The Balaban J connectivity index is 2.22. The fourth-order valence-electron chi connectivity index (χ4n) is 2.80. The van der Waals surface area contributed by atoms with Gasteiger partial charge in [0.25, 0.3) is 0 Å². The highest BCUT2D eigenvalue weighted by Crippen LogP contribution is 2.50. The van der Waals surface area contributed by atoms with E-state index in [1.165, 1.54) is 0 Å². The molecule has 2 rings (SSSR count). The van der Waals surface area contributed by atoms with Gasteiger partial charge in [-0.05, 0) is 33.6 Å². The van der Waals surface area contributed by atoms with Crippen molar-refractivity contribution in [3.05, 3.63) is 0 Å². The van der Waals surface area contributed by atoms with Crippen LogP contribution in [0.5, 0.6) is 0 Å². The molecule has 2 heterocycles. The quantitative estimate of drug-likeness (QED) is 0.655. The molecule has 4 nitrogen and oxygen atoms in total. The SMILES string of the molecule is CC(C)(C)OC(=O)C12CCN1C(=O)C(C)(C)C2. The molecule has 0 bridgehead atoms. The van der Waals surface area contributed by atoms with E-state index in [1.54, 1.807) is 4.90 Å². The van der Waals surface area contributed by atoms with Crippen molar-refractivity contribution in [2.45, 2.75) is 58.6 Å². The zero-order valence-electron chi connectivity index (χ0n) is 11.3. The van der Waals surface area contributed by atoms with Gasteiger partial charge in [-0.15, -0.1) is 0 Å². The van der Waals surface area contributed by atoms with Gasteiger partial charge < -0.3 is 9.64 Å². The van der Waals surface area contributed by atoms with Crippen LogP contribution in [0.2, 0.25) is 0 Å². The molecule has 4 heteroatoms. The number of ether oxygens (including phenoxy) is 1. The number of fused-ring (bicyclic) bond motifs is 1. The summed E-state index contributed by atoms with van der Waals surface area (Å²) >= 11 is 0. The van der Waals surface area contributed by atoms with Gasteiger partial charge in [0.2, 0.25) is 5.91 Å². The molecule has 0 spiro atoms. The van der Waals surface area contributed by atoms with E-state index in [2.05, 4.69) is 0 Å². The van der Waals surface area contributed by atoms with Crippen LogP contribution in [0.15, 0.2) is 0 Å².